The number of allylic oxidation sites excluding steroid dienone is 1. The Bertz CT molecular complexity index is 329. The Hall–Kier alpha value is -0.600. The molecule has 0 saturated heterocycles. The molecule has 70 valence electrons. The lowest BCUT2D eigenvalue weighted by molar-refractivity contribution is 0.199. The van der Waals surface area contributed by atoms with Gasteiger partial charge in [0.2, 0.25) is 0 Å². The number of aliphatic hydroxyl groups excluding tert-OH is 1. The fraction of sp³-hybridized carbons (Fsp3) is 0.273. The van der Waals surface area contributed by atoms with Gasteiger partial charge in [-0.3, -0.25) is 0 Å². The summed E-state index contributed by atoms with van der Waals surface area (Å²) < 4.78 is 0.976. The lowest BCUT2D eigenvalue weighted by Gasteiger charge is -2.08. The molecule has 0 aliphatic heterocycles. The van der Waals surface area contributed by atoms with E-state index in [0.29, 0.717) is 0 Å². The smallest absolute Gasteiger partial charge is 0.0762 e. The van der Waals surface area contributed by atoms with Crippen molar-refractivity contribution >= 4 is 21.5 Å². The van der Waals surface area contributed by atoms with Crippen LogP contribution in [0.5, 0.6) is 0 Å². The summed E-state index contributed by atoms with van der Waals surface area (Å²) in [6.45, 7) is 7.57. The molecule has 0 bridgehead atoms. The maximum absolute atomic E-state index is 9.40. The minimum Gasteiger partial charge on any atom is -0.389 e. The first-order valence-corrected chi connectivity index (χ1v) is 4.94. The van der Waals surface area contributed by atoms with E-state index in [9.17, 15) is 5.11 Å². The molecule has 13 heavy (non-hydrogen) atoms. The molecular weight excluding hydrogens is 228 g/mol. The first-order chi connectivity index (χ1) is 6.00. The van der Waals surface area contributed by atoms with E-state index >= 15 is 0 Å². The maximum Gasteiger partial charge on any atom is 0.0762 e. The summed E-state index contributed by atoms with van der Waals surface area (Å²) >= 11 is 3.40. The predicted octanol–water partition coefficient (Wildman–Crippen LogP) is 3.54. The molecule has 1 nitrogen and oxygen atoms in total. The van der Waals surface area contributed by atoms with Crippen molar-refractivity contribution in [2.45, 2.75) is 20.0 Å². The van der Waals surface area contributed by atoms with E-state index in [1.807, 2.05) is 25.1 Å². The van der Waals surface area contributed by atoms with Crippen molar-refractivity contribution in [2.24, 2.45) is 0 Å². The molecule has 1 aromatic carbocycles. The van der Waals surface area contributed by atoms with Crippen molar-refractivity contribution in [3.05, 3.63) is 40.4 Å². The van der Waals surface area contributed by atoms with Crippen molar-refractivity contribution < 1.29 is 5.11 Å². The van der Waals surface area contributed by atoms with Crippen LogP contribution in [0, 0.1) is 0 Å². The second kappa shape index (κ2) is 4.07. The molecule has 0 aliphatic carbocycles. The summed E-state index contributed by atoms with van der Waals surface area (Å²) in [6, 6.07) is 5.86. The highest BCUT2D eigenvalue weighted by molar-refractivity contribution is 9.10. The zero-order chi connectivity index (χ0) is 10.0. The SMILES string of the molecule is C=C(C)c1cc(Br)cc(C(C)O)c1. The highest BCUT2D eigenvalue weighted by Gasteiger charge is 2.04. The zero-order valence-corrected chi connectivity index (χ0v) is 9.43. The van der Waals surface area contributed by atoms with Gasteiger partial charge in [-0.25, -0.2) is 0 Å². The van der Waals surface area contributed by atoms with E-state index in [1.54, 1.807) is 6.92 Å². The molecular formula is C11H13BrO. The number of hydrogen-bond acceptors (Lipinski definition) is 1. The van der Waals surface area contributed by atoms with Crippen LogP contribution < -0.4 is 0 Å². The number of halogens is 1. The van der Waals surface area contributed by atoms with Crippen molar-refractivity contribution in [2.75, 3.05) is 0 Å². The Morgan fingerprint density at radius 3 is 2.54 bits per heavy atom. The number of benzene rings is 1. The van der Waals surface area contributed by atoms with Gasteiger partial charge in [0.15, 0.2) is 0 Å². The summed E-state index contributed by atoms with van der Waals surface area (Å²) in [5, 5.41) is 9.40. The minimum absolute atomic E-state index is 0.435. The number of aliphatic hydroxyl groups is 1. The Morgan fingerprint density at radius 1 is 1.46 bits per heavy atom. The van der Waals surface area contributed by atoms with Crippen molar-refractivity contribution in [1.29, 1.82) is 0 Å². The maximum atomic E-state index is 9.40. The van der Waals surface area contributed by atoms with E-state index in [0.717, 1.165) is 21.2 Å². The van der Waals surface area contributed by atoms with Crippen LogP contribution in [0.2, 0.25) is 0 Å². The van der Waals surface area contributed by atoms with E-state index in [4.69, 9.17) is 0 Å². The molecule has 1 unspecified atom stereocenters. The monoisotopic (exact) mass is 240 g/mol. The van der Waals surface area contributed by atoms with Crippen LogP contribution in [0.3, 0.4) is 0 Å². The predicted molar refractivity (Wildman–Crippen MR) is 59.5 cm³/mol. The quantitative estimate of drug-likeness (QED) is 0.839. The van der Waals surface area contributed by atoms with Crippen molar-refractivity contribution in [3.8, 4) is 0 Å². The van der Waals surface area contributed by atoms with Gasteiger partial charge in [-0.05, 0) is 43.2 Å². The highest BCUT2D eigenvalue weighted by atomic mass is 79.9. The Balaban J connectivity index is 3.19. The third-order valence-electron chi connectivity index (χ3n) is 1.90. The highest BCUT2D eigenvalue weighted by Crippen LogP contribution is 2.24. The molecule has 0 heterocycles. The van der Waals surface area contributed by atoms with E-state index in [1.165, 1.54) is 0 Å². The van der Waals surface area contributed by atoms with Crippen LogP contribution in [0.1, 0.15) is 31.1 Å². The van der Waals surface area contributed by atoms with E-state index in [-0.39, 0.29) is 0 Å². The average molecular weight is 241 g/mol. The van der Waals surface area contributed by atoms with Gasteiger partial charge in [-0.2, -0.15) is 0 Å². The second-order valence-electron chi connectivity index (χ2n) is 3.23. The molecule has 1 atom stereocenters. The number of hydrogen-bond donors (Lipinski definition) is 1. The molecule has 2 heteroatoms. The molecule has 1 rings (SSSR count). The van der Waals surface area contributed by atoms with Crippen LogP contribution in [0.4, 0.5) is 0 Å². The summed E-state index contributed by atoms with van der Waals surface area (Å²) in [7, 11) is 0. The van der Waals surface area contributed by atoms with Gasteiger partial charge in [-0.1, -0.05) is 28.1 Å². The molecule has 1 N–H and O–H groups in total. The average Bonchev–Trinajstić information content (AvgIpc) is 2.03. The third-order valence-corrected chi connectivity index (χ3v) is 2.35. The van der Waals surface area contributed by atoms with E-state index < -0.39 is 6.10 Å². The van der Waals surface area contributed by atoms with Gasteiger partial charge in [0, 0.05) is 4.47 Å². The van der Waals surface area contributed by atoms with Crippen molar-refractivity contribution in [3.63, 3.8) is 0 Å². The Morgan fingerprint density at radius 2 is 2.08 bits per heavy atom. The number of rotatable bonds is 2. The topological polar surface area (TPSA) is 20.2 Å². The Labute approximate surface area is 87.2 Å². The van der Waals surface area contributed by atoms with Crippen molar-refractivity contribution in [1.82, 2.24) is 0 Å². The minimum atomic E-state index is -0.435. The van der Waals surface area contributed by atoms with Crippen LogP contribution in [-0.4, -0.2) is 5.11 Å². The van der Waals surface area contributed by atoms with Gasteiger partial charge < -0.3 is 5.11 Å². The molecule has 0 fully saturated rings. The fourth-order valence-electron chi connectivity index (χ4n) is 1.10. The molecule has 0 saturated carbocycles. The molecule has 0 aromatic heterocycles. The standard InChI is InChI=1S/C11H13BrO/c1-7(2)9-4-10(8(3)13)6-11(12)5-9/h4-6,8,13H,1H2,2-3H3. The molecule has 0 aliphatic rings. The lowest BCUT2D eigenvalue weighted by atomic mass is 10.0. The molecule has 0 spiro atoms. The van der Waals surface area contributed by atoms with Crippen LogP contribution in [0.15, 0.2) is 29.3 Å². The van der Waals surface area contributed by atoms with Gasteiger partial charge in [-0.15, -0.1) is 0 Å². The van der Waals surface area contributed by atoms with Gasteiger partial charge in [0.25, 0.3) is 0 Å². The summed E-state index contributed by atoms with van der Waals surface area (Å²) in [4.78, 5) is 0. The fourth-order valence-corrected chi connectivity index (χ4v) is 1.61. The third kappa shape index (κ3) is 2.68. The van der Waals surface area contributed by atoms with Gasteiger partial charge >= 0.3 is 0 Å². The van der Waals surface area contributed by atoms with Crippen LogP contribution in [0.25, 0.3) is 5.57 Å². The first kappa shape index (κ1) is 10.5. The summed E-state index contributed by atoms with van der Waals surface area (Å²) in [5.74, 6) is 0. The molecule has 1 aromatic rings. The first-order valence-electron chi connectivity index (χ1n) is 4.15. The largest absolute Gasteiger partial charge is 0.389 e. The Kier molecular flexibility index (Phi) is 3.28. The van der Waals surface area contributed by atoms with Crippen LogP contribution >= 0.6 is 15.9 Å². The van der Waals surface area contributed by atoms with Crippen LogP contribution in [-0.2, 0) is 0 Å². The normalized spacial score (nSPS) is 12.6. The van der Waals surface area contributed by atoms with Gasteiger partial charge in [0.05, 0.1) is 6.10 Å². The zero-order valence-electron chi connectivity index (χ0n) is 7.84. The van der Waals surface area contributed by atoms with E-state index in [2.05, 4.69) is 22.5 Å². The summed E-state index contributed by atoms with van der Waals surface area (Å²) in [6.07, 6.45) is -0.435. The second-order valence-corrected chi connectivity index (χ2v) is 4.15. The summed E-state index contributed by atoms with van der Waals surface area (Å²) in [5.41, 5.74) is 2.97. The molecule has 0 amide bonds. The lowest BCUT2D eigenvalue weighted by Crippen LogP contribution is -1.92. The molecule has 0 radical (unpaired) electrons. The van der Waals surface area contributed by atoms with Gasteiger partial charge in [0.1, 0.15) is 0 Å².